The lowest BCUT2D eigenvalue weighted by Crippen LogP contribution is -2.15. The van der Waals surface area contributed by atoms with Gasteiger partial charge in [0.05, 0.1) is 11.0 Å². The zero-order chi connectivity index (χ0) is 82.5. The number of hydrogen-bond acceptors (Lipinski definition) is 0. The molecule has 0 unspecified atom stereocenters. The Balaban J connectivity index is 0.000000103. The summed E-state index contributed by atoms with van der Waals surface area (Å²) in [6.45, 7) is 4.78. The molecule has 18 aromatic carbocycles. The number of aromatic amines is 1. The van der Waals surface area contributed by atoms with Crippen LogP contribution in [0.25, 0.3) is 150 Å². The molecule has 0 atom stereocenters. The van der Waals surface area contributed by atoms with Crippen LogP contribution in [-0.4, -0.2) is 9.55 Å². The number of rotatable bonds is 9. The van der Waals surface area contributed by atoms with Gasteiger partial charge in [-0.1, -0.05) is 390 Å². The number of nitrogens with zero attached hydrogens (tertiary/aromatic N) is 1. The zero-order valence-electron chi connectivity index (χ0n) is 69.1. The molecular weight excluding hydrogens is 1510 g/mol. The Hall–Kier alpha value is -16.0. The van der Waals surface area contributed by atoms with E-state index in [2.05, 4.69) is 466 Å². The van der Waals surface area contributed by atoms with Crippen molar-refractivity contribution in [1.29, 1.82) is 0 Å². The van der Waals surface area contributed by atoms with E-state index in [4.69, 9.17) is 0 Å². The maximum atomic E-state index is 3.66. The van der Waals surface area contributed by atoms with Gasteiger partial charge >= 0.3 is 0 Å². The van der Waals surface area contributed by atoms with E-state index in [0.29, 0.717) is 0 Å². The fourth-order valence-corrected chi connectivity index (χ4v) is 21.9. The van der Waals surface area contributed by atoms with Crippen molar-refractivity contribution < 1.29 is 0 Å². The van der Waals surface area contributed by atoms with E-state index in [0.717, 1.165) is 0 Å². The third kappa shape index (κ3) is 11.1. The van der Waals surface area contributed by atoms with Gasteiger partial charge in [-0.25, -0.2) is 0 Å². The monoisotopic (exact) mass is 1580 g/mol. The minimum Gasteiger partial charge on any atom is -0.355 e. The Bertz CT molecular complexity index is 8150. The smallest absolute Gasteiger partial charge is 0.0541 e. The van der Waals surface area contributed by atoms with Crippen molar-refractivity contribution >= 4 is 110 Å². The van der Waals surface area contributed by atoms with E-state index in [1.54, 1.807) is 0 Å². The number of H-pyrrole nitrogens is 1. The number of para-hydroxylation sites is 2. The topological polar surface area (TPSA) is 20.7 Å². The third-order valence-corrected chi connectivity index (χ3v) is 27.3. The second kappa shape index (κ2) is 28.6. The highest BCUT2D eigenvalue weighted by atomic mass is 15.0. The fourth-order valence-electron chi connectivity index (χ4n) is 21.9. The highest BCUT2D eigenvalue weighted by Gasteiger charge is 2.43. The summed E-state index contributed by atoms with van der Waals surface area (Å²) in [6, 6.07) is 162. The molecule has 0 aliphatic heterocycles. The van der Waals surface area contributed by atoms with Gasteiger partial charge in [0.15, 0.2) is 0 Å². The fraction of sp³-hybridized carbons (Fsp3) is 0.0244. The summed E-state index contributed by atoms with van der Waals surface area (Å²) < 4.78 is 2.39. The highest BCUT2D eigenvalue weighted by molar-refractivity contribution is 6.38. The lowest BCUT2D eigenvalue weighted by molar-refractivity contribution is 0.660. The number of nitrogens with one attached hydrogen (secondary N) is 1. The van der Waals surface area contributed by atoms with Crippen LogP contribution < -0.4 is 0 Å². The Morgan fingerprint density at radius 3 is 0.800 bits per heavy atom. The van der Waals surface area contributed by atoms with E-state index in [9.17, 15) is 0 Å². The summed E-state index contributed by atoms with van der Waals surface area (Å²) in [5.41, 5.74) is 56.0. The van der Waals surface area contributed by atoms with Crippen LogP contribution in [0.15, 0.2) is 443 Å². The van der Waals surface area contributed by atoms with Crippen LogP contribution in [0.1, 0.15) is 125 Å². The Labute approximate surface area is 727 Å². The second-order valence-corrected chi connectivity index (χ2v) is 34.3. The maximum Gasteiger partial charge on any atom is 0.0541 e. The molecule has 0 radical (unpaired) electrons. The average molecular weight is 1590 g/mol. The van der Waals surface area contributed by atoms with Crippen LogP contribution in [0, 0.1) is 0 Å². The summed E-state index contributed by atoms with van der Waals surface area (Å²) >= 11 is 0. The number of aromatic nitrogens is 2. The highest BCUT2D eigenvalue weighted by Crippen LogP contribution is 2.63. The first-order valence-electron chi connectivity index (χ1n) is 43.6. The largest absolute Gasteiger partial charge is 0.355 e. The van der Waals surface area contributed by atoms with Crippen molar-refractivity contribution in [1.82, 2.24) is 9.55 Å². The summed E-state index contributed by atoms with van der Waals surface area (Å²) in [6.07, 6.45) is 0. The quantitative estimate of drug-likeness (QED) is 0.149. The number of benzene rings is 18. The number of allylic oxidation sites excluding steroid dienone is 6. The summed E-state index contributed by atoms with van der Waals surface area (Å²) in [5.74, 6) is 0. The average Bonchev–Trinajstić information content (AvgIpc) is 1.55. The van der Waals surface area contributed by atoms with Crippen molar-refractivity contribution in [3.05, 3.63) is 554 Å². The molecule has 0 amide bonds. The minimum absolute atomic E-state index is 0.101. The molecule has 1 N–H and O–H groups in total. The van der Waals surface area contributed by atoms with Crippen molar-refractivity contribution in [2.45, 2.75) is 19.3 Å². The molecule has 582 valence electrons. The molecule has 0 saturated heterocycles. The van der Waals surface area contributed by atoms with Gasteiger partial charge in [0.2, 0.25) is 0 Å². The van der Waals surface area contributed by atoms with Gasteiger partial charge in [0.1, 0.15) is 0 Å². The lowest BCUT2D eigenvalue weighted by Gasteiger charge is -2.23. The molecule has 2 aromatic heterocycles. The Kier molecular flexibility index (Phi) is 16.4. The van der Waals surface area contributed by atoms with E-state index < -0.39 is 0 Å². The Morgan fingerprint density at radius 1 is 0.168 bits per heavy atom. The normalized spacial score (nSPS) is 14.2. The van der Waals surface area contributed by atoms with Crippen molar-refractivity contribution in [3.63, 3.8) is 0 Å². The van der Waals surface area contributed by atoms with Crippen LogP contribution in [-0.2, 0) is 5.41 Å². The molecule has 0 fully saturated rings. The van der Waals surface area contributed by atoms with Gasteiger partial charge in [-0.15, -0.1) is 0 Å². The predicted molar refractivity (Wildman–Crippen MR) is 525 cm³/mol. The molecule has 0 bridgehead atoms. The first kappa shape index (κ1) is 71.9. The van der Waals surface area contributed by atoms with Gasteiger partial charge in [-0.3, -0.25) is 0 Å². The Morgan fingerprint density at radius 2 is 0.416 bits per heavy atom. The molecule has 7 aliphatic carbocycles. The van der Waals surface area contributed by atoms with E-state index in [-0.39, 0.29) is 5.41 Å². The van der Waals surface area contributed by atoms with Crippen LogP contribution in [0.3, 0.4) is 0 Å². The molecule has 7 aliphatic rings. The molecule has 2 nitrogen and oxygen atoms in total. The molecular formula is C123H80N2. The van der Waals surface area contributed by atoms with Gasteiger partial charge in [-0.05, 0) is 278 Å². The van der Waals surface area contributed by atoms with Crippen molar-refractivity contribution in [2.75, 3.05) is 0 Å². The summed E-state index contributed by atoms with van der Waals surface area (Å²) in [5, 5.41) is 5.07. The molecule has 125 heavy (non-hydrogen) atoms. The third-order valence-electron chi connectivity index (χ3n) is 27.3. The summed E-state index contributed by atoms with van der Waals surface area (Å²) in [7, 11) is 0. The van der Waals surface area contributed by atoms with Gasteiger partial charge in [0, 0.05) is 43.7 Å². The van der Waals surface area contributed by atoms with Crippen molar-refractivity contribution in [3.8, 4) is 39.1 Å². The minimum atomic E-state index is -0.101. The van der Waals surface area contributed by atoms with Gasteiger partial charge in [-0.2, -0.15) is 0 Å². The molecule has 20 aromatic rings. The van der Waals surface area contributed by atoms with E-state index in [1.807, 2.05) is 0 Å². The zero-order valence-corrected chi connectivity index (χ0v) is 69.1. The van der Waals surface area contributed by atoms with Crippen LogP contribution in [0.2, 0.25) is 0 Å². The van der Waals surface area contributed by atoms with Gasteiger partial charge < -0.3 is 9.55 Å². The maximum absolute atomic E-state index is 3.66. The molecule has 0 saturated carbocycles. The molecule has 27 rings (SSSR count). The van der Waals surface area contributed by atoms with Crippen LogP contribution >= 0.6 is 0 Å². The van der Waals surface area contributed by atoms with Crippen LogP contribution in [0.5, 0.6) is 0 Å². The second-order valence-electron chi connectivity index (χ2n) is 34.3. The first-order valence-corrected chi connectivity index (χ1v) is 43.6. The van der Waals surface area contributed by atoms with Crippen LogP contribution in [0.4, 0.5) is 0 Å². The molecule has 0 spiro atoms. The first-order chi connectivity index (χ1) is 61.8. The molecule has 2 heterocycles. The standard InChI is InChI=1S/C43H30.2C40H25N/c1-43(2)37-25-29(27-13-5-3-6-14-27)21-23-31(37)32-24-22-30(26-38(32)43)40-34-18-10-12-20-36(34)41-39(28-15-7-4-8-16-28)33-17-9-11-19-35(33)42(40)41;1-3-13-26(14-4-1)37-30-18-7-9-20-32(30)40-38(31-19-8-10-21-33(31)39(37)40)27-23-24-36-34(25-27)29-17-11-12-22-35(29)41(36)28-15-5-2-6-16-28;1-3-11-25(12-4-1)27-19-21-35-33(23-27)34-24-28(20-22-36(34)41-35)38-30-16-8-10-18-32(30)39-37(26-13-5-2-6-14-26)29-15-7-9-17-31(29)40(38)39/h3-26H,1-2H3;1-25H;1-24,41H. The van der Waals surface area contributed by atoms with Gasteiger partial charge in [0.25, 0.3) is 0 Å². The lowest BCUT2D eigenvalue weighted by atomic mass is 9.80. The number of fused-ring (bicyclic) bond motifs is 24. The van der Waals surface area contributed by atoms with Crippen molar-refractivity contribution in [2.24, 2.45) is 0 Å². The number of hydrogen-bond donors (Lipinski definition) is 1. The molecule has 2 heteroatoms. The summed E-state index contributed by atoms with van der Waals surface area (Å²) in [4.78, 5) is 3.66. The van der Waals surface area contributed by atoms with E-state index >= 15 is 0 Å². The predicted octanol–water partition coefficient (Wildman–Crippen LogP) is 31.2. The SMILES string of the molecule is CC1(C)c2cc(C3=C4C(=C(c5ccccc5)c5ccccc54)c4ccccc43)ccc2-c2ccc(-c3ccccc3)cc21.c1ccc(C2=C3C(=C(c4ccc5[nH]c6ccc(-c7ccccc7)cc6c5c4)c4ccccc43)c3ccccc32)cc1.c1ccc(C2=C3C(=C(c4ccc5c(c4)c4ccccc4n5-c4ccccc4)c4ccccc43)c3ccccc32)cc1. The van der Waals surface area contributed by atoms with E-state index in [1.165, 1.54) is 261 Å².